The topological polar surface area (TPSA) is 56.8 Å². The molecule has 0 aliphatic heterocycles. The molecule has 2 aromatic carbocycles. The molecule has 0 aromatic heterocycles. The van der Waals surface area contributed by atoms with Gasteiger partial charge in [0.15, 0.2) is 0 Å². The Kier molecular flexibility index (Phi) is 5.80. The van der Waals surface area contributed by atoms with Crippen molar-refractivity contribution in [1.29, 1.82) is 0 Å². The second-order valence-electron chi connectivity index (χ2n) is 4.63. The minimum Gasteiger partial charge on any atom is -0.496 e. The molecular formula is C17H18FNO4. The second-order valence-corrected chi connectivity index (χ2v) is 4.63. The monoisotopic (exact) mass is 319 g/mol. The number of rotatable bonds is 7. The highest BCUT2D eigenvalue weighted by Gasteiger charge is 2.10. The molecule has 0 saturated heterocycles. The number of carbonyl (C=O) groups is 1. The van der Waals surface area contributed by atoms with Crippen molar-refractivity contribution < 1.29 is 23.4 Å². The summed E-state index contributed by atoms with van der Waals surface area (Å²) in [6.45, 7) is 0.475. The average molecular weight is 319 g/mol. The Hall–Kier alpha value is -2.76. The van der Waals surface area contributed by atoms with E-state index in [0.717, 1.165) is 0 Å². The zero-order valence-electron chi connectivity index (χ0n) is 13.0. The lowest BCUT2D eigenvalue weighted by atomic mass is 10.2. The van der Waals surface area contributed by atoms with Crippen LogP contribution in [0.25, 0.3) is 0 Å². The van der Waals surface area contributed by atoms with Crippen LogP contribution in [0.5, 0.6) is 17.2 Å². The smallest absolute Gasteiger partial charge is 0.254 e. The van der Waals surface area contributed by atoms with Crippen molar-refractivity contribution >= 4 is 5.91 Å². The molecule has 0 spiro atoms. The summed E-state index contributed by atoms with van der Waals surface area (Å²) in [6, 6.07) is 11.0. The number of hydrogen-bond donors (Lipinski definition) is 1. The zero-order valence-corrected chi connectivity index (χ0v) is 13.0. The number of benzene rings is 2. The standard InChI is InChI=1S/C17H18FNO4/c1-21-12-9-13(22-2)11-14(10-12)23-8-7-19-17(20)15-5-3-4-6-16(15)18/h3-6,9-11H,7-8H2,1-2H3,(H,19,20). The van der Waals surface area contributed by atoms with Crippen LogP contribution >= 0.6 is 0 Å². The van der Waals surface area contributed by atoms with E-state index in [-0.39, 0.29) is 18.7 Å². The van der Waals surface area contributed by atoms with Crippen molar-refractivity contribution in [2.45, 2.75) is 0 Å². The van der Waals surface area contributed by atoms with Crippen LogP contribution in [-0.4, -0.2) is 33.3 Å². The summed E-state index contributed by atoms with van der Waals surface area (Å²) in [7, 11) is 3.10. The van der Waals surface area contributed by atoms with Gasteiger partial charge in [-0.3, -0.25) is 4.79 Å². The average Bonchev–Trinajstić information content (AvgIpc) is 2.58. The summed E-state index contributed by atoms with van der Waals surface area (Å²) in [5.74, 6) is 0.740. The third-order valence-electron chi connectivity index (χ3n) is 3.10. The number of ether oxygens (including phenoxy) is 3. The van der Waals surface area contributed by atoms with Gasteiger partial charge in [-0.1, -0.05) is 12.1 Å². The van der Waals surface area contributed by atoms with Gasteiger partial charge >= 0.3 is 0 Å². The summed E-state index contributed by atoms with van der Waals surface area (Å²) in [6.07, 6.45) is 0. The molecule has 0 heterocycles. The van der Waals surface area contributed by atoms with E-state index >= 15 is 0 Å². The fourth-order valence-corrected chi connectivity index (χ4v) is 1.94. The van der Waals surface area contributed by atoms with E-state index in [1.165, 1.54) is 18.2 Å². The lowest BCUT2D eigenvalue weighted by molar-refractivity contribution is 0.0943. The Morgan fingerprint density at radius 1 is 1.04 bits per heavy atom. The second kappa shape index (κ2) is 8.03. The normalized spacial score (nSPS) is 10.0. The van der Waals surface area contributed by atoms with Crippen LogP contribution in [0.1, 0.15) is 10.4 Å². The molecule has 5 nitrogen and oxygen atoms in total. The molecule has 0 aliphatic carbocycles. The summed E-state index contributed by atoms with van der Waals surface area (Å²) >= 11 is 0. The van der Waals surface area contributed by atoms with Gasteiger partial charge in [0.05, 0.1) is 26.3 Å². The number of carbonyl (C=O) groups excluding carboxylic acids is 1. The van der Waals surface area contributed by atoms with Gasteiger partial charge in [0, 0.05) is 18.2 Å². The predicted molar refractivity (Wildman–Crippen MR) is 83.8 cm³/mol. The van der Waals surface area contributed by atoms with Crippen LogP contribution in [0, 0.1) is 5.82 Å². The van der Waals surface area contributed by atoms with E-state index in [1.807, 2.05) is 0 Å². The number of halogens is 1. The van der Waals surface area contributed by atoms with Gasteiger partial charge in [-0.05, 0) is 12.1 Å². The SMILES string of the molecule is COc1cc(OC)cc(OCCNC(=O)c2ccccc2F)c1. The van der Waals surface area contributed by atoms with Gasteiger partial charge in [0.2, 0.25) is 0 Å². The number of nitrogens with one attached hydrogen (secondary N) is 1. The summed E-state index contributed by atoms with van der Waals surface area (Å²) < 4.78 is 29.3. The van der Waals surface area contributed by atoms with Gasteiger partial charge < -0.3 is 19.5 Å². The molecule has 0 unspecified atom stereocenters. The first kappa shape index (κ1) is 16.6. The van der Waals surface area contributed by atoms with E-state index in [2.05, 4.69) is 5.32 Å². The highest BCUT2D eigenvalue weighted by molar-refractivity contribution is 5.94. The third-order valence-corrected chi connectivity index (χ3v) is 3.10. The van der Waals surface area contributed by atoms with Gasteiger partial charge in [0.1, 0.15) is 29.7 Å². The van der Waals surface area contributed by atoms with Crippen LogP contribution in [0.15, 0.2) is 42.5 Å². The summed E-state index contributed by atoms with van der Waals surface area (Å²) in [5, 5.41) is 2.60. The Labute approximate surface area is 134 Å². The van der Waals surface area contributed by atoms with Crippen molar-refractivity contribution in [2.75, 3.05) is 27.4 Å². The summed E-state index contributed by atoms with van der Waals surface area (Å²) in [4.78, 5) is 11.8. The lowest BCUT2D eigenvalue weighted by Crippen LogP contribution is -2.28. The molecule has 0 aliphatic rings. The van der Waals surface area contributed by atoms with Gasteiger partial charge in [-0.25, -0.2) is 4.39 Å². The van der Waals surface area contributed by atoms with Crippen molar-refractivity contribution in [3.63, 3.8) is 0 Å². The quantitative estimate of drug-likeness (QED) is 0.797. The maximum atomic E-state index is 13.5. The lowest BCUT2D eigenvalue weighted by Gasteiger charge is -2.11. The highest BCUT2D eigenvalue weighted by atomic mass is 19.1. The van der Waals surface area contributed by atoms with Crippen molar-refractivity contribution in [1.82, 2.24) is 5.32 Å². The molecule has 0 fully saturated rings. The fourth-order valence-electron chi connectivity index (χ4n) is 1.94. The number of methoxy groups -OCH3 is 2. The zero-order chi connectivity index (χ0) is 16.7. The van der Waals surface area contributed by atoms with E-state index in [1.54, 1.807) is 38.5 Å². The van der Waals surface area contributed by atoms with Crippen LogP contribution in [-0.2, 0) is 0 Å². The van der Waals surface area contributed by atoms with E-state index in [0.29, 0.717) is 17.2 Å². The number of hydrogen-bond acceptors (Lipinski definition) is 4. The Balaban J connectivity index is 1.86. The first-order chi connectivity index (χ1) is 11.1. The molecule has 1 N–H and O–H groups in total. The molecule has 23 heavy (non-hydrogen) atoms. The van der Waals surface area contributed by atoms with Gasteiger partial charge in [-0.2, -0.15) is 0 Å². The molecule has 0 bridgehead atoms. The van der Waals surface area contributed by atoms with E-state index in [4.69, 9.17) is 14.2 Å². The maximum absolute atomic E-state index is 13.5. The highest BCUT2D eigenvalue weighted by Crippen LogP contribution is 2.27. The Bertz CT molecular complexity index is 653. The van der Waals surface area contributed by atoms with E-state index < -0.39 is 11.7 Å². The summed E-state index contributed by atoms with van der Waals surface area (Å²) in [5.41, 5.74) is 0.00977. The third kappa shape index (κ3) is 4.60. The molecule has 0 radical (unpaired) electrons. The van der Waals surface area contributed by atoms with Crippen molar-refractivity contribution in [3.8, 4) is 17.2 Å². The molecule has 0 saturated carbocycles. The number of amides is 1. The first-order valence-corrected chi connectivity index (χ1v) is 7.02. The van der Waals surface area contributed by atoms with Crippen molar-refractivity contribution in [3.05, 3.63) is 53.8 Å². The van der Waals surface area contributed by atoms with Crippen LogP contribution in [0.4, 0.5) is 4.39 Å². The van der Waals surface area contributed by atoms with Crippen LogP contribution < -0.4 is 19.5 Å². The van der Waals surface area contributed by atoms with Crippen LogP contribution in [0.2, 0.25) is 0 Å². The molecule has 1 amide bonds. The minimum atomic E-state index is -0.552. The predicted octanol–water partition coefficient (Wildman–Crippen LogP) is 2.65. The Morgan fingerprint density at radius 3 is 2.26 bits per heavy atom. The maximum Gasteiger partial charge on any atom is 0.254 e. The fraction of sp³-hybridized carbons (Fsp3) is 0.235. The van der Waals surface area contributed by atoms with Crippen molar-refractivity contribution in [2.24, 2.45) is 0 Å². The largest absolute Gasteiger partial charge is 0.496 e. The molecule has 6 heteroatoms. The van der Waals surface area contributed by atoms with E-state index in [9.17, 15) is 9.18 Å². The molecule has 2 aromatic rings. The molecule has 2 rings (SSSR count). The Morgan fingerprint density at radius 2 is 1.65 bits per heavy atom. The van der Waals surface area contributed by atoms with Gasteiger partial charge in [-0.15, -0.1) is 0 Å². The molecular weight excluding hydrogens is 301 g/mol. The van der Waals surface area contributed by atoms with Gasteiger partial charge in [0.25, 0.3) is 5.91 Å². The first-order valence-electron chi connectivity index (χ1n) is 7.02. The minimum absolute atomic E-state index is 0.00977. The molecule has 0 atom stereocenters. The van der Waals surface area contributed by atoms with Crippen LogP contribution in [0.3, 0.4) is 0 Å². The molecule has 122 valence electrons.